The summed E-state index contributed by atoms with van der Waals surface area (Å²) in [6, 6.07) is 14.9. The Morgan fingerprint density at radius 3 is 2.27 bits per heavy atom. The van der Waals surface area contributed by atoms with Crippen molar-refractivity contribution in [3.8, 4) is 11.5 Å². The molecule has 4 N–H and O–H groups in total. The van der Waals surface area contributed by atoms with Crippen LogP contribution in [0, 0.1) is 0 Å². The van der Waals surface area contributed by atoms with E-state index in [4.69, 9.17) is 5.11 Å². The first-order chi connectivity index (χ1) is 10.6. The summed E-state index contributed by atoms with van der Waals surface area (Å²) in [5.41, 5.74) is 1.09. The lowest BCUT2D eigenvalue weighted by atomic mass is 10.1. The number of nitrogens with one attached hydrogen (secondary N) is 1. The van der Waals surface area contributed by atoms with Crippen molar-refractivity contribution in [3.63, 3.8) is 0 Å². The Balaban J connectivity index is 2.06. The van der Waals surface area contributed by atoms with Crippen LogP contribution < -0.4 is 5.32 Å². The minimum atomic E-state index is -1.20. The number of aromatic carboxylic acids is 1. The van der Waals surface area contributed by atoms with Gasteiger partial charge in [-0.3, -0.25) is 0 Å². The molecule has 5 heteroatoms. The van der Waals surface area contributed by atoms with Crippen molar-refractivity contribution in [2.45, 2.75) is 0 Å². The average Bonchev–Trinajstić information content (AvgIpc) is 2.52. The van der Waals surface area contributed by atoms with Gasteiger partial charge >= 0.3 is 5.97 Å². The van der Waals surface area contributed by atoms with Gasteiger partial charge in [0.2, 0.25) is 0 Å². The zero-order valence-corrected chi connectivity index (χ0v) is 11.4. The first-order valence-corrected chi connectivity index (χ1v) is 6.60. The molecule has 0 unspecified atom stereocenters. The molecule has 110 valence electrons. The van der Waals surface area contributed by atoms with Crippen molar-refractivity contribution in [2.75, 3.05) is 5.32 Å². The molecule has 0 atom stereocenters. The first kappa shape index (κ1) is 13.8. The molecule has 3 aromatic carbocycles. The smallest absolute Gasteiger partial charge is 0.339 e. The number of hydrogen-bond acceptors (Lipinski definition) is 4. The summed E-state index contributed by atoms with van der Waals surface area (Å²) in [5, 5.41) is 33.1. The molecule has 0 amide bonds. The summed E-state index contributed by atoms with van der Waals surface area (Å²) in [6.07, 6.45) is 0. The van der Waals surface area contributed by atoms with Gasteiger partial charge in [0.05, 0.1) is 0 Å². The van der Waals surface area contributed by atoms with Gasteiger partial charge in [-0.2, -0.15) is 0 Å². The van der Waals surface area contributed by atoms with E-state index in [0.29, 0.717) is 11.1 Å². The molecule has 0 spiro atoms. The summed E-state index contributed by atoms with van der Waals surface area (Å²) in [4.78, 5) is 11.1. The van der Waals surface area contributed by atoms with E-state index < -0.39 is 5.97 Å². The van der Waals surface area contributed by atoms with Gasteiger partial charge in [-0.05, 0) is 30.3 Å². The molecule has 0 saturated carbocycles. The average molecular weight is 295 g/mol. The monoisotopic (exact) mass is 295 g/mol. The number of carboxylic acids is 1. The summed E-state index contributed by atoms with van der Waals surface area (Å²) in [5.74, 6) is -1.30. The Kier molecular flexibility index (Phi) is 3.31. The van der Waals surface area contributed by atoms with Crippen molar-refractivity contribution >= 4 is 28.1 Å². The second-order valence-electron chi connectivity index (χ2n) is 4.84. The molecule has 0 fully saturated rings. The second kappa shape index (κ2) is 5.29. The highest BCUT2D eigenvalue weighted by molar-refractivity contribution is 5.99. The standard InChI is InChI=1S/C17H13NO4/c19-15-8-6-14(11-3-1-2-4-12(11)15)18-10-5-7-16(20)13(9-10)17(21)22/h1-9,18-20H,(H,21,22). The fraction of sp³-hybridized carbons (Fsp3) is 0. The van der Waals surface area contributed by atoms with Crippen LogP contribution in [0.2, 0.25) is 0 Å². The lowest BCUT2D eigenvalue weighted by molar-refractivity contribution is 0.0694. The highest BCUT2D eigenvalue weighted by atomic mass is 16.4. The molecule has 0 bridgehead atoms. The summed E-state index contributed by atoms with van der Waals surface area (Å²) < 4.78 is 0. The van der Waals surface area contributed by atoms with Crippen LogP contribution in [0.15, 0.2) is 54.6 Å². The maximum Gasteiger partial charge on any atom is 0.339 e. The second-order valence-corrected chi connectivity index (χ2v) is 4.84. The van der Waals surface area contributed by atoms with E-state index in [1.54, 1.807) is 24.3 Å². The molecular weight excluding hydrogens is 282 g/mol. The number of fused-ring (bicyclic) bond motifs is 1. The predicted octanol–water partition coefficient (Wildman–Crippen LogP) is 3.69. The molecule has 22 heavy (non-hydrogen) atoms. The minimum absolute atomic E-state index is 0.173. The van der Waals surface area contributed by atoms with Gasteiger partial charge in [0.1, 0.15) is 17.1 Å². The highest BCUT2D eigenvalue weighted by Crippen LogP contribution is 2.33. The van der Waals surface area contributed by atoms with Crippen molar-refractivity contribution < 1.29 is 20.1 Å². The number of carbonyl (C=O) groups is 1. The zero-order chi connectivity index (χ0) is 15.7. The van der Waals surface area contributed by atoms with E-state index in [2.05, 4.69) is 5.32 Å². The van der Waals surface area contributed by atoms with Crippen molar-refractivity contribution in [1.29, 1.82) is 0 Å². The number of aromatic hydroxyl groups is 2. The van der Waals surface area contributed by atoms with E-state index in [1.807, 2.05) is 18.2 Å². The highest BCUT2D eigenvalue weighted by Gasteiger charge is 2.11. The number of benzene rings is 3. The van der Waals surface area contributed by atoms with Crippen molar-refractivity contribution in [2.24, 2.45) is 0 Å². The molecule has 3 rings (SSSR count). The molecule has 0 saturated heterocycles. The summed E-state index contributed by atoms with van der Waals surface area (Å²) >= 11 is 0. The van der Waals surface area contributed by atoms with Gasteiger partial charge in [0.25, 0.3) is 0 Å². The van der Waals surface area contributed by atoms with E-state index in [9.17, 15) is 15.0 Å². The summed E-state index contributed by atoms with van der Waals surface area (Å²) in [7, 11) is 0. The zero-order valence-electron chi connectivity index (χ0n) is 11.4. The maximum absolute atomic E-state index is 11.1. The molecule has 0 heterocycles. The molecule has 0 aromatic heterocycles. The van der Waals surface area contributed by atoms with Gasteiger partial charge in [0, 0.05) is 22.1 Å². The van der Waals surface area contributed by atoms with Gasteiger partial charge in [-0.1, -0.05) is 24.3 Å². The van der Waals surface area contributed by atoms with Gasteiger partial charge in [-0.25, -0.2) is 4.79 Å². The number of carboxylic acid groups (broad SMARTS) is 1. The third-order valence-electron chi connectivity index (χ3n) is 3.41. The third-order valence-corrected chi connectivity index (χ3v) is 3.41. The Morgan fingerprint density at radius 1 is 0.864 bits per heavy atom. The Bertz CT molecular complexity index is 874. The molecule has 0 aliphatic heterocycles. The molecule has 0 radical (unpaired) electrons. The van der Waals surface area contributed by atoms with Gasteiger partial charge in [-0.15, -0.1) is 0 Å². The van der Waals surface area contributed by atoms with E-state index >= 15 is 0 Å². The van der Waals surface area contributed by atoms with Crippen LogP contribution in [0.1, 0.15) is 10.4 Å². The van der Waals surface area contributed by atoms with Crippen molar-refractivity contribution in [3.05, 3.63) is 60.2 Å². The topological polar surface area (TPSA) is 89.8 Å². The Hall–Kier alpha value is -3.21. The van der Waals surface area contributed by atoms with Crippen LogP contribution in [0.5, 0.6) is 11.5 Å². The number of phenolic OH excluding ortho intramolecular Hbond substituents is 1. The Labute approximate surface area is 126 Å². The Morgan fingerprint density at radius 2 is 1.55 bits per heavy atom. The predicted molar refractivity (Wildman–Crippen MR) is 84.0 cm³/mol. The number of hydrogen-bond donors (Lipinski definition) is 4. The van der Waals surface area contributed by atoms with Crippen LogP contribution in [0.4, 0.5) is 11.4 Å². The number of anilines is 2. The van der Waals surface area contributed by atoms with Crippen LogP contribution in [0.25, 0.3) is 10.8 Å². The van der Waals surface area contributed by atoms with Crippen LogP contribution >= 0.6 is 0 Å². The van der Waals surface area contributed by atoms with Gasteiger partial charge < -0.3 is 20.6 Å². The molecule has 0 aliphatic carbocycles. The fourth-order valence-electron chi connectivity index (χ4n) is 2.33. The van der Waals surface area contributed by atoms with Crippen LogP contribution in [-0.4, -0.2) is 21.3 Å². The number of phenols is 2. The maximum atomic E-state index is 11.1. The van der Waals surface area contributed by atoms with Crippen LogP contribution in [-0.2, 0) is 0 Å². The SMILES string of the molecule is O=C(O)c1cc(Nc2ccc(O)c3ccccc23)ccc1O. The number of rotatable bonds is 3. The van der Waals surface area contributed by atoms with Crippen LogP contribution in [0.3, 0.4) is 0 Å². The summed E-state index contributed by atoms with van der Waals surface area (Å²) in [6.45, 7) is 0. The lowest BCUT2D eigenvalue weighted by Gasteiger charge is -2.12. The molecule has 0 aliphatic rings. The fourth-order valence-corrected chi connectivity index (χ4v) is 2.33. The normalized spacial score (nSPS) is 10.5. The lowest BCUT2D eigenvalue weighted by Crippen LogP contribution is -1.99. The third kappa shape index (κ3) is 2.40. The molecule has 3 aromatic rings. The minimum Gasteiger partial charge on any atom is -0.507 e. The van der Waals surface area contributed by atoms with Gasteiger partial charge in [0.15, 0.2) is 0 Å². The first-order valence-electron chi connectivity index (χ1n) is 6.60. The van der Waals surface area contributed by atoms with E-state index in [0.717, 1.165) is 11.1 Å². The quantitative estimate of drug-likeness (QED) is 0.553. The molecule has 5 nitrogen and oxygen atoms in total. The molecular formula is C17H13NO4. The largest absolute Gasteiger partial charge is 0.507 e. The van der Waals surface area contributed by atoms with E-state index in [-0.39, 0.29) is 17.1 Å². The van der Waals surface area contributed by atoms with E-state index in [1.165, 1.54) is 12.1 Å². The van der Waals surface area contributed by atoms with Crippen molar-refractivity contribution in [1.82, 2.24) is 0 Å².